The number of aromatic nitrogens is 2. The first-order valence-electron chi connectivity index (χ1n) is 13.2. The van der Waals surface area contributed by atoms with Gasteiger partial charge in [-0.05, 0) is 29.2 Å². The molecule has 0 spiro atoms. The van der Waals surface area contributed by atoms with E-state index in [9.17, 15) is 23.2 Å². The fraction of sp³-hybridized carbons (Fsp3) is 0.258. The Morgan fingerprint density at radius 2 is 1.45 bits per heavy atom. The summed E-state index contributed by atoms with van der Waals surface area (Å²) in [5, 5.41) is 0. The molecule has 2 heterocycles. The third-order valence-corrected chi connectivity index (χ3v) is 7.27. The van der Waals surface area contributed by atoms with E-state index in [0.717, 1.165) is 32.4 Å². The van der Waals surface area contributed by atoms with Gasteiger partial charge >= 0.3 is 5.69 Å². The summed E-state index contributed by atoms with van der Waals surface area (Å²) in [6, 6.07) is 22.7. The quantitative estimate of drug-likeness (QED) is 0.337. The number of piperazine rings is 1. The van der Waals surface area contributed by atoms with E-state index in [1.165, 1.54) is 17.2 Å². The predicted molar refractivity (Wildman–Crippen MR) is 149 cm³/mol. The van der Waals surface area contributed by atoms with Gasteiger partial charge in [-0.15, -0.1) is 0 Å². The maximum atomic E-state index is 14.5. The molecule has 1 saturated heterocycles. The number of carbonyl (C=O) groups is 1. The molecule has 0 aliphatic carbocycles. The minimum atomic E-state index is -0.797. The van der Waals surface area contributed by atoms with Crippen LogP contribution in [0.15, 0.2) is 94.6 Å². The van der Waals surface area contributed by atoms with Crippen LogP contribution >= 0.6 is 0 Å². The Bertz CT molecular complexity index is 1600. The molecule has 7 nitrogen and oxygen atoms in total. The summed E-state index contributed by atoms with van der Waals surface area (Å²) in [5.41, 5.74) is 0.409. The molecule has 1 aromatic heterocycles. The summed E-state index contributed by atoms with van der Waals surface area (Å²) in [4.78, 5) is 43.9. The van der Waals surface area contributed by atoms with Crippen LogP contribution in [0.25, 0.3) is 0 Å². The highest BCUT2D eigenvalue weighted by atomic mass is 19.1. The SMILES string of the molecule is C[C@@H](Cn1c(=O)c(N2CCN(Cc3ccccc3)CC2=O)cn(Cc2c(F)cccc2F)c1=O)c1ccccc1. The highest BCUT2D eigenvalue weighted by molar-refractivity contribution is 5.95. The summed E-state index contributed by atoms with van der Waals surface area (Å²) >= 11 is 0. The predicted octanol–water partition coefficient (Wildman–Crippen LogP) is 3.99. The number of rotatable bonds is 8. The topological polar surface area (TPSA) is 67.6 Å². The number of nitrogens with zero attached hydrogens (tertiary/aromatic N) is 4. The van der Waals surface area contributed by atoms with Gasteiger partial charge in [0.2, 0.25) is 5.91 Å². The fourth-order valence-corrected chi connectivity index (χ4v) is 5.07. The first kappa shape index (κ1) is 27.2. The van der Waals surface area contributed by atoms with E-state index in [4.69, 9.17) is 0 Å². The molecule has 9 heteroatoms. The molecular weight excluding hydrogens is 514 g/mol. The van der Waals surface area contributed by atoms with E-state index < -0.39 is 29.4 Å². The molecule has 1 aliphatic heterocycles. The third kappa shape index (κ3) is 5.79. The van der Waals surface area contributed by atoms with E-state index in [1.807, 2.05) is 72.5 Å². The molecule has 3 aromatic carbocycles. The van der Waals surface area contributed by atoms with Gasteiger partial charge in [0.15, 0.2) is 0 Å². The highest BCUT2D eigenvalue weighted by Crippen LogP contribution is 2.19. The van der Waals surface area contributed by atoms with Gasteiger partial charge in [-0.2, -0.15) is 0 Å². The molecule has 0 radical (unpaired) electrons. The first-order chi connectivity index (χ1) is 19.3. The average Bonchev–Trinajstić information content (AvgIpc) is 2.95. The monoisotopic (exact) mass is 544 g/mol. The minimum absolute atomic E-state index is 0.0148. The van der Waals surface area contributed by atoms with Crippen LogP contribution in [-0.4, -0.2) is 39.6 Å². The number of hydrogen-bond acceptors (Lipinski definition) is 4. The molecular formula is C31H30F2N4O3. The van der Waals surface area contributed by atoms with Crippen LogP contribution in [0.2, 0.25) is 0 Å². The zero-order chi connectivity index (χ0) is 28.2. The molecule has 0 bridgehead atoms. The van der Waals surface area contributed by atoms with Gasteiger partial charge in [0.05, 0.1) is 13.1 Å². The van der Waals surface area contributed by atoms with Crippen molar-refractivity contribution in [2.24, 2.45) is 0 Å². The largest absolute Gasteiger partial charge is 0.331 e. The van der Waals surface area contributed by atoms with E-state index in [1.54, 1.807) is 0 Å². The Balaban J connectivity index is 1.50. The van der Waals surface area contributed by atoms with Crippen LogP contribution in [0.4, 0.5) is 14.5 Å². The molecule has 0 unspecified atom stereocenters. The lowest BCUT2D eigenvalue weighted by atomic mass is 10.0. The van der Waals surface area contributed by atoms with Crippen molar-refractivity contribution in [1.82, 2.24) is 14.0 Å². The van der Waals surface area contributed by atoms with E-state index in [0.29, 0.717) is 13.1 Å². The van der Waals surface area contributed by atoms with Crippen LogP contribution in [0, 0.1) is 11.6 Å². The lowest BCUT2D eigenvalue weighted by molar-refractivity contribution is -0.121. The summed E-state index contributed by atoms with van der Waals surface area (Å²) in [6.07, 6.45) is 1.25. The van der Waals surface area contributed by atoms with Gasteiger partial charge in [0, 0.05) is 37.9 Å². The molecule has 1 fully saturated rings. The Kier molecular flexibility index (Phi) is 8.02. The number of benzene rings is 3. The lowest BCUT2D eigenvalue weighted by Crippen LogP contribution is -2.53. The highest BCUT2D eigenvalue weighted by Gasteiger charge is 2.29. The van der Waals surface area contributed by atoms with Crippen molar-refractivity contribution in [2.45, 2.75) is 32.5 Å². The fourth-order valence-electron chi connectivity index (χ4n) is 5.07. The smallest absolute Gasteiger partial charge is 0.304 e. The Morgan fingerprint density at radius 3 is 2.10 bits per heavy atom. The maximum absolute atomic E-state index is 14.5. The van der Waals surface area contributed by atoms with E-state index >= 15 is 0 Å². The molecule has 4 aromatic rings. The molecule has 206 valence electrons. The zero-order valence-corrected chi connectivity index (χ0v) is 22.2. The number of halogens is 2. The molecule has 1 aliphatic rings. The van der Waals surface area contributed by atoms with Crippen molar-refractivity contribution in [3.8, 4) is 0 Å². The molecule has 40 heavy (non-hydrogen) atoms. The van der Waals surface area contributed by atoms with Crippen molar-refractivity contribution in [1.29, 1.82) is 0 Å². The molecule has 1 amide bonds. The summed E-state index contributed by atoms with van der Waals surface area (Å²) in [6.45, 7) is 2.94. The van der Waals surface area contributed by atoms with Crippen molar-refractivity contribution >= 4 is 11.6 Å². The van der Waals surface area contributed by atoms with Crippen molar-refractivity contribution < 1.29 is 13.6 Å². The van der Waals surface area contributed by atoms with Crippen LogP contribution in [-0.2, 0) is 24.4 Å². The number of carbonyl (C=O) groups excluding carboxylic acids is 1. The molecule has 0 N–H and O–H groups in total. The summed E-state index contributed by atoms with van der Waals surface area (Å²) in [7, 11) is 0. The van der Waals surface area contributed by atoms with Gasteiger partial charge in [0.1, 0.15) is 17.3 Å². The van der Waals surface area contributed by atoms with Gasteiger partial charge in [0.25, 0.3) is 5.56 Å². The maximum Gasteiger partial charge on any atom is 0.331 e. The molecule has 1 atom stereocenters. The Morgan fingerprint density at radius 1 is 0.800 bits per heavy atom. The molecule has 0 saturated carbocycles. The van der Waals surface area contributed by atoms with E-state index in [-0.39, 0.29) is 42.7 Å². The summed E-state index contributed by atoms with van der Waals surface area (Å²) in [5.74, 6) is -2.09. The number of amides is 1. The third-order valence-electron chi connectivity index (χ3n) is 7.27. The second-order valence-electron chi connectivity index (χ2n) is 10.1. The first-order valence-corrected chi connectivity index (χ1v) is 13.2. The van der Waals surface area contributed by atoms with Gasteiger partial charge < -0.3 is 4.90 Å². The summed E-state index contributed by atoms with van der Waals surface area (Å²) < 4.78 is 31.2. The Hall–Kier alpha value is -4.37. The Labute approximate surface area is 230 Å². The second-order valence-corrected chi connectivity index (χ2v) is 10.1. The number of anilines is 1. The van der Waals surface area contributed by atoms with Crippen molar-refractivity contribution in [2.75, 3.05) is 24.5 Å². The van der Waals surface area contributed by atoms with E-state index in [2.05, 4.69) is 0 Å². The van der Waals surface area contributed by atoms with Gasteiger partial charge in [-0.1, -0.05) is 73.7 Å². The van der Waals surface area contributed by atoms with Crippen LogP contribution in [0.1, 0.15) is 29.5 Å². The van der Waals surface area contributed by atoms with Crippen LogP contribution in [0.5, 0.6) is 0 Å². The second kappa shape index (κ2) is 11.8. The van der Waals surface area contributed by atoms with Crippen molar-refractivity contribution in [3.05, 3.63) is 134 Å². The van der Waals surface area contributed by atoms with Crippen LogP contribution < -0.4 is 16.1 Å². The minimum Gasteiger partial charge on any atom is -0.304 e. The standard InChI is InChI=1S/C31H30F2N4O3/c1-22(24-11-6-3-7-12-24)17-37-30(39)28(20-35(31(37)40)19-25-26(32)13-8-14-27(25)33)36-16-15-34(21-29(36)38)18-23-9-4-2-5-10-23/h2-14,20,22H,15-19,21H2,1H3/t22-/m0/s1. The van der Waals surface area contributed by atoms with Crippen molar-refractivity contribution in [3.63, 3.8) is 0 Å². The van der Waals surface area contributed by atoms with Gasteiger partial charge in [-0.3, -0.25) is 23.6 Å². The van der Waals surface area contributed by atoms with Gasteiger partial charge in [-0.25, -0.2) is 13.6 Å². The normalized spacial score (nSPS) is 14.9. The lowest BCUT2D eigenvalue weighted by Gasteiger charge is -2.34. The van der Waals surface area contributed by atoms with Crippen LogP contribution in [0.3, 0.4) is 0 Å². The molecule has 5 rings (SSSR count). The number of hydrogen-bond donors (Lipinski definition) is 0. The zero-order valence-electron chi connectivity index (χ0n) is 22.2. The average molecular weight is 545 g/mol.